The number of hydrogen-bond donors (Lipinski definition) is 1. The van der Waals surface area contributed by atoms with Gasteiger partial charge >= 0.3 is 0 Å². The van der Waals surface area contributed by atoms with Crippen LogP contribution < -0.4 is 0 Å². The predicted molar refractivity (Wildman–Crippen MR) is 71.6 cm³/mol. The quantitative estimate of drug-likeness (QED) is 0.803. The van der Waals surface area contributed by atoms with E-state index in [1.807, 2.05) is 30.3 Å². The summed E-state index contributed by atoms with van der Waals surface area (Å²) >= 11 is 10.5. The van der Waals surface area contributed by atoms with Gasteiger partial charge in [0.1, 0.15) is 5.25 Å². The number of benzene rings is 1. The Morgan fingerprint density at radius 3 is 2.44 bits per heavy atom. The van der Waals surface area contributed by atoms with Gasteiger partial charge in [0, 0.05) is 5.57 Å². The van der Waals surface area contributed by atoms with Gasteiger partial charge in [-0.15, -0.1) is 0 Å². The third kappa shape index (κ3) is 1.57. The highest BCUT2D eigenvalue weighted by atomic mass is 35.5. The van der Waals surface area contributed by atoms with E-state index in [2.05, 4.69) is 12.6 Å². The summed E-state index contributed by atoms with van der Waals surface area (Å²) in [7, 11) is 0. The van der Waals surface area contributed by atoms with Crippen molar-refractivity contribution in [2.75, 3.05) is 13.2 Å². The number of carbonyl (C=O) groups excluding carboxylic acids is 1. The maximum absolute atomic E-state index is 12.0. The molecule has 0 amide bonds. The van der Waals surface area contributed by atoms with Gasteiger partial charge in [-0.05, 0) is 5.56 Å². The summed E-state index contributed by atoms with van der Waals surface area (Å²) < 4.78 is 11.3. The molecule has 1 aromatic carbocycles. The Balaban J connectivity index is 2.17. The lowest BCUT2D eigenvalue weighted by atomic mass is 10.00. The molecule has 1 fully saturated rings. The van der Waals surface area contributed by atoms with Crippen molar-refractivity contribution >= 4 is 35.6 Å². The number of rotatable bonds is 1. The van der Waals surface area contributed by atoms with Crippen molar-refractivity contribution in [1.82, 2.24) is 0 Å². The molecular weight excluding hydrogens is 272 g/mol. The van der Waals surface area contributed by atoms with Gasteiger partial charge in [-0.1, -0.05) is 41.9 Å². The normalized spacial score (nSPS) is 26.3. The fourth-order valence-corrected chi connectivity index (χ4v) is 3.20. The van der Waals surface area contributed by atoms with Crippen LogP contribution in [0, 0.1) is 0 Å². The van der Waals surface area contributed by atoms with Gasteiger partial charge in [0.15, 0.2) is 5.78 Å². The molecule has 1 aliphatic carbocycles. The Morgan fingerprint density at radius 2 is 1.83 bits per heavy atom. The van der Waals surface area contributed by atoms with Crippen LogP contribution in [-0.4, -0.2) is 30.0 Å². The van der Waals surface area contributed by atoms with E-state index in [0.29, 0.717) is 18.8 Å². The van der Waals surface area contributed by atoms with Crippen LogP contribution in [0.3, 0.4) is 0 Å². The van der Waals surface area contributed by atoms with Crippen LogP contribution in [0.25, 0.3) is 5.57 Å². The third-order valence-electron chi connectivity index (χ3n) is 3.17. The summed E-state index contributed by atoms with van der Waals surface area (Å²) in [5, 5.41) is -0.550. The first-order valence-electron chi connectivity index (χ1n) is 5.62. The number of ketones is 1. The number of Topliss-reactive ketones (excluding diaryl/α,β-unsaturated/α-hetero) is 1. The molecule has 1 atom stereocenters. The van der Waals surface area contributed by atoms with Gasteiger partial charge in [0.25, 0.3) is 0 Å². The summed E-state index contributed by atoms with van der Waals surface area (Å²) in [5.41, 5.74) is 1.42. The molecule has 1 aliphatic heterocycles. The van der Waals surface area contributed by atoms with Gasteiger partial charge < -0.3 is 9.47 Å². The molecule has 1 saturated heterocycles. The van der Waals surface area contributed by atoms with E-state index in [0.717, 1.165) is 5.56 Å². The van der Waals surface area contributed by atoms with Gasteiger partial charge in [0.2, 0.25) is 5.79 Å². The Kier molecular flexibility index (Phi) is 2.98. The van der Waals surface area contributed by atoms with Crippen molar-refractivity contribution in [3.8, 4) is 0 Å². The Morgan fingerprint density at radius 1 is 1.22 bits per heavy atom. The summed E-state index contributed by atoms with van der Waals surface area (Å²) in [5.74, 6) is -1.38. The molecule has 1 unspecified atom stereocenters. The molecule has 1 heterocycles. The van der Waals surface area contributed by atoms with E-state index >= 15 is 0 Å². The van der Waals surface area contributed by atoms with Crippen LogP contribution in [0.1, 0.15) is 5.56 Å². The van der Waals surface area contributed by atoms with Crippen LogP contribution in [0.4, 0.5) is 0 Å². The van der Waals surface area contributed by atoms with Crippen molar-refractivity contribution in [1.29, 1.82) is 0 Å². The summed E-state index contributed by atoms with van der Waals surface area (Å²) in [6.45, 7) is 0.871. The fraction of sp³-hybridized carbons (Fsp3) is 0.308. The van der Waals surface area contributed by atoms with Crippen molar-refractivity contribution in [3.63, 3.8) is 0 Å². The molecule has 0 saturated carbocycles. The number of thiol groups is 1. The molecule has 0 aromatic heterocycles. The highest BCUT2D eigenvalue weighted by Crippen LogP contribution is 2.48. The maximum Gasteiger partial charge on any atom is 0.216 e. The minimum Gasteiger partial charge on any atom is -0.342 e. The van der Waals surface area contributed by atoms with E-state index in [1.54, 1.807) is 0 Å². The molecule has 1 aromatic rings. The van der Waals surface area contributed by atoms with E-state index < -0.39 is 11.0 Å². The van der Waals surface area contributed by atoms with E-state index in [9.17, 15) is 4.79 Å². The molecule has 0 N–H and O–H groups in total. The number of hydrogen-bond acceptors (Lipinski definition) is 4. The topological polar surface area (TPSA) is 35.5 Å². The first-order valence-corrected chi connectivity index (χ1v) is 6.52. The Labute approximate surface area is 115 Å². The highest BCUT2D eigenvalue weighted by Gasteiger charge is 2.57. The highest BCUT2D eigenvalue weighted by molar-refractivity contribution is 7.82. The lowest BCUT2D eigenvalue weighted by molar-refractivity contribution is -0.129. The van der Waals surface area contributed by atoms with Gasteiger partial charge in [-0.2, -0.15) is 12.6 Å². The zero-order chi connectivity index (χ0) is 12.8. The molecule has 0 bridgehead atoms. The smallest absolute Gasteiger partial charge is 0.216 e. The van der Waals surface area contributed by atoms with E-state index in [1.165, 1.54) is 0 Å². The summed E-state index contributed by atoms with van der Waals surface area (Å²) in [4.78, 5) is 12.0. The van der Waals surface area contributed by atoms with E-state index in [-0.39, 0.29) is 10.8 Å². The largest absolute Gasteiger partial charge is 0.342 e. The molecular formula is C13H11ClO3S. The van der Waals surface area contributed by atoms with Crippen molar-refractivity contribution < 1.29 is 14.3 Å². The lowest BCUT2D eigenvalue weighted by Crippen LogP contribution is -2.40. The summed E-state index contributed by atoms with van der Waals surface area (Å²) in [6.07, 6.45) is 0. The molecule has 5 heteroatoms. The molecule has 94 valence electrons. The molecule has 1 spiro atoms. The number of carbonyl (C=O) groups is 1. The number of halogens is 1. The average Bonchev–Trinajstić information content (AvgIpc) is 2.94. The minimum absolute atomic E-state index is 0.156. The predicted octanol–water partition coefficient (Wildman–Crippen LogP) is 2.26. The van der Waals surface area contributed by atoms with Crippen molar-refractivity contribution in [3.05, 3.63) is 40.9 Å². The van der Waals surface area contributed by atoms with Gasteiger partial charge in [-0.3, -0.25) is 4.79 Å². The zero-order valence-corrected chi connectivity index (χ0v) is 11.1. The van der Waals surface area contributed by atoms with Crippen LogP contribution >= 0.6 is 24.2 Å². The molecule has 18 heavy (non-hydrogen) atoms. The van der Waals surface area contributed by atoms with Crippen LogP contribution in [-0.2, 0) is 14.3 Å². The van der Waals surface area contributed by atoms with Crippen molar-refractivity contribution in [2.24, 2.45) is 0 Å². The summed E-state index contributed by atoms with van der Waals surface area (Å²) in [6, 6.07) is 9.42. The monoisotopic (exact) mass is 282 g/mol. The number of ether oxygens (including phenoxy) is 2. The Bertz CT molecular complexity index is 520. The molecule has 3 nitrogen and oxygen atoms in total. The zero-order valence-electron chi connectivity index (χ0n) is 9.43. The minimum atomic E-state index is -1.13. The second-order valence-corrected chi connectivity index (χ2v) is 5.08. The molecule has 3 rings (SSSR count). The second kappa shape index (κ2) is 4.38. The maximum atomic E-state index is 12.0. The SMILES string of the molecule is O=C1C(Cl)=C(c2ccccc2)C2(OCCO2)C1S. The first-order chi connectivity index (χ1) is 8.67. The van der Waals surface area contributed by atoms with Gasteiger partial charge in [0.05, 0.1) is 18.2 Å². The molecule has 0 radical (unpaired) electrons. The van der Waals surface area contributed by atoms with E-state index in [4.69, 9.17) is 21.1 Å². The van der Waals surface area contributed by atoms with Crippen LogP contribution in [0.15, 0.2) is 35.4 Å². The Hall–Kier alpha value is -0.810. The third-order valence-corrected chi connectivity index (χ3v) is 4.12. The molecule has 2 aliphatic rings. The first kappa shape index (κ1) is 12.2. The van der Waals surface area contributed by atoms with Crippen molar-refractivity contribution in [2.45, 2.75) is 11.0 Å². The number of allylic oxidation sites excluding steroid dienone is 1. The standard InChI is InChI=1S/C13H11ClO3S/c14-10-9(8-4-2-1-3-5-8)13(12(18)11(10)15)16-6-7-17-13/h1-5,12,18H,6-7H2. The average molecular weight is 283 g/mol. The van der Waals surface area contributed by atoms with Crippen LogP contribution in [0.5, 0.6) is 0 Å². The van der Waals surface area contributed by atoms with Crippen LogP contribution in [0.2, 0.25) is 0 Å². The fourth-order valence-electron chi connectivity index (χ4n) is 2.37. The lowest BCUT2D eigenvalue weighted by Gasteiger charge is -2.28. The second-order valence-electron chi connectivity index (χ2n) is 4.19. The van der Waals surface area contributed by atoms with Gasteiger partial charge in [-0.25, -0.2) is 0 Å².